The smallest absolute Gasteiger partial charge is 0.165 e. The van der Waals surface area contributed by atoms with Crippen molar-refractivity contribution in [2.45, 2.75) is 31.7 Å². The first-order valence-electron chi connectivity index (χ1n) is 7.73. The molecule has 0 atom stereocenters. The van der Waals surface area contributed by atoms with Crippen LogP contribution < -0.4 is 11.1 Å². The number of nitrogens with one attached hydrogen (secondary N) is 1. The van der Waals surface area contributed by atoms with Crippen molar-refractivity contribution in [1.29, 1.82) is 0 Å². The molecule has 0 saturated heterocycles. The summed E-state index contributed by atoms with van der Waals surface area (Å²) >= 11 is 0. The number of anilines is 3. The quantitative estimate of drug-likeness (QED) is 0.774. The number of nitrogen functional groups attached to an aromatic ring is 1. The maximum atomic E-state index is 13.4. The summed E-state index contributed by atoms with van der Waals surface area (Å²) < 4.78 is 15.3. The average Bonchev–Trinajstić information content (AvgIpc) is 3.16. The summed E-state index contributed by atoms with van der Waals surface area (Å²) in [5, 5.41) is 8.48. The molecule has 0 amide bonds. The third-order valence-corrected chi connectivity index (χ3v) is 4.28. The highest BCUT2D eigenvalue weighted by atomic mass is 19.1. The number of nitrogens with zero attached hydrogens (tertiary/aromatic N) is 4. The highest BCUT2D eigenvalue weighted by molar-refractivity contribution is 5.97. The molecule has 3 aromatic rings. The topological polar surface area (TPSA) is 81.7 Å². The molecule has 1 aliphatic carbocycles. The van der Waals surface area contributed by atoms with E-state index < -0.39 is 0 Å². The van der Waals surface area contributed by atoms with E-state index in [-0.39, 0.29) is 5.82 Å². The van der Waals surface area contributed by atoms with Gasteiger partial charge < -0.3 is 11.1 Å². The van der Waals surface area contributed by atoms with Crippen molar-refractivity contribution in [3.8, 4) is 0 Å². The molecule has 2 aromatic heterocycles. The van der Waals surface area contributed by atoms with Crippen molar-refractivity contribution in [1.82, 2.24) is 19.7 Å². The third-order valence-electron chi connectivity index (χ3n) is 4.28. The molecule has 3 N–H and O–H groups in total. The Balaban J connectivity index is 1.82. The molecule has 0 bridgehead atoms. The van der Waals surface area contributed by atoms with Crippen molar-refractivity contribution in [3.63, 3.8) is 0 Å². The summed E-state index contributed by atoms with van der Waals surface area (Å²) in [6.07, 6.45) is 6.01. The standard InChI is InChI=1S/C16H17FN6/c17-10-4-3-5-11(8-10)21-15-13-14(18)19-9-20-16(13)23(22-15)12-6-1-2-7-12/h3-5,8-9,12H,1-2,6-7H2,(H,21,22)(H2,18,19,20). The number of hydrogen-bond acceptors (Lipinski definition) is 5. The lowest BCUT2D eigenvalue weighted by atomic mass is 10.2. The van der Waals surface area contributed by atoms with E-state index in [4.69, 9.17) is 5.73 Å². The van der Waals surface area contributed by atoms with Gasteiger partial charge in [0, 0.05) is 5.69 Å². The fourth-order valence-corrected chi connectivity index (χ4v) is 3.19. The van der Waals surface area contributed by atoms with Crippen LogP contribution in [0.1, 0.15) is 31.7 Å². The summed E-state index contributed by atoms with van der Waals surface area (Å²) in [4.78, 5) is 8.43. The molecule has 1 fully saturated rings. The van der Waals surface area contributed by atoms with Crippen molar-refractivity contribution >= 4 is 28.4 Å². The Bertz CT molecular complexity index is 853. The van der Waals surface area contributed by atoms with Gasteiger partial charge in [0.2, 0.25) is 0 Å². The van der Waals surface area contributed by atoms with Gasteiger partial charge in [-0.1, -0.05) is 18.9 Å². The van der Waals surface area contributed by atoms with Crippen molar-refractivity contribution in [2.75, 3.05) is 11.1 Å². The van der Waals surface area contributed by atoms with Crippen LogP contribution in [0.15, 0.2) is 30.6 Å². The van der Waals surface area contributed by atoms with Crippen LogP contribution >= 0.6 is 0 Å². The predicted octanol–water partition coefficient (Wildman–Crippen LogP) is 3.41. The van der Waals surface area contributed by atoms with Gasteiger partial charge in [0.15, 0.2) is 11.5 Å². The number of fused-ring (bicyclic) bond motifs is 1. The molecule has 4 rings (SSSR count). The van der Waals surface area contributed by atoms with Gasteiger partial charge in [-0.2, -0.15) is 5.10 Å². The Kier molecular flexibility index (Phi) is 3.33. The second kappa shape index (κ2) is 5.49. The molecule has 0 aliphatic heterocycles. The first kappa shape index (κ1) is 13.9. The highest BCUT2D eigenvalue weighted by Gasteiger charge is 2.24. The summed E-state index contributed by atoms with van der Waals surface area (Å²) in [5.74, 6) is 0.632. The molecular formula is C16H17FN6. The van der Waals surface area contributed by atoms with Gasteiger partial charge in [-0.25, -0.2) is 19.0 Å². The lowest BCUT2D eigenvalue weighted by Crippen LogP contribution is -2.07. The average molecular weight is 312 g/mol. The monoisotopic (exact) mass is 312 g/mol. The number of hydrogen-bond donors (Lipinski definition) is 2. The first-order valence-corrected chi connectivity index (χ1v) is 7.73. The molecule has 1 aromatic carbocycles. The fourth-order valence-electron chi connectivity index (χ4n) is 3.19. The maximum Gasteiger partial charge on any atom is 0.165 e. The van der Waals surface area contributed by atoms with Gasteiger partial charge in [0.1, 0.15) is 23.3 Å². The number of halogens is 1. The number of benzene rings is 1. The van der Waals surface area contributed by atoms with E-state index in [1.165, 1.54) is 31.3 Å². The zero-order chi connectivity index (χ0) is 15.8. The predicted molar refractivity (Wildman–Crippen MR) is 86.9 cm³/mol. The van der Waals surface area contributed by atoms with Gasteiger partial charge in [0.25, 0.3) is 0 Å². The molecule has 0 unspecified atom stereocenters. The minimum Gasteiger partial charge on any atom is -0.383 e. The van der Waals surface area contributed by atoms with Crippen LogP contribution in [0.5, 0.6) is 0 Å². The zero-order valence-electron chi connectivity index (χ0n) is 12.5. The molecule has 6 nitrogen and oxygen atoms in total. The van der Waals surface area contributed by atoms with Gasteiger partial charge in [-0.05, 0) is 31.0 Å². The van der Waals surface area contributed by atoms with Crippen molar-refractivity contribution in [2.24, 2.45) is 0 Å². The molecule has 118 valence electrons. The van der Waals surface area contributed by atoms with Gasteiger partial charge in [0.05, 0.1) is 6.04 Å². The molecule has 7 heteroatoms. The number of nitrogens with two attached hydrogens (primary N) is 1. The molecule has 23 heavy (non-hydrogen) atoms. The minimum atomic E-state index is -0.307. The number of aromatic nitrogens is 4. The Morgan fingerprint density at radius 1 is 1.22 bits per heavy atom. The summed E-state index contributed by atoms with van der Waals surface area (Å²) in [7, 11) is 0. The minimum absolute atomic E-state index is 0.307. The van der Waals surface area contributed by atoms with Gasteiger partial charge >= 0.3 is 0 Å². The largest absolute Gasteiger partial charge is 0.383 e. The Morgan fingerprint density at radius 3 is 2.83 bits per heavy atom. The zero-order valence-corrected chi connectivity index (χ0v) is 12.5. The summed E-state index contributed by atoms with van der Waals surface area (Å²) in [5.41, 5.74) is 7.38. The van der Waals surface area contributed by atoms with E-state index in [2.05, 4.69) is 20.4 Å². The Hall–Kier alpha value is -2.70. The summed E-state index contributed by atoms with van der Waals surface area (Å²) in [6, 6.07) is 6.57. The molecular weight excluding hydrogens is 295 g/mol. The number of rotatable bonds is 3. The van der Waals surface area contributed by atoms with Crippen LogP contribution in [0.2, 0.25) is 0 Å². The highest BCUT2D eigenvalue weighted by Crippen LogP contribution is 2.35. The van der Waals surface area contributed by atoms with E-state index in [0.29, 0.717) is 28.8 Å². The fraction of sp³-hybridized carbons (Fsp3) is 0.312. The summed E-state index contributed by atoms with van der Waals surface area (Å²) in [6.45, 7) is 0. The van der Waals surface area contributed by atoms with E-state index >= 15 is 0 Å². The lowest BCUT2D eigenvalue weighted by Gasteiger charge is -2.10. The SMILES string of the molecule is Nc1ncnc2c1c(Nc1cccc(F)c1)nn2C1CCCC1. The molecule has 1 saturated carbocycles. The molecule has 1 aliphatic rings. The molecule has 2 heterocycles. The van der Waals surface area contributed by atoms with Gasteiger partial charge in [-0.15, -0.1) is 0 Å². The van der Waals surface area contributed by atoms with E-state index in [9.17, 15) is 4.39 Å². The second-order valence-corrected chi connectivity index (χ2v) is 5.82. The second-order valence-electron chi connectivity index (χ2n) is 5.82. The van der Waals surface area contributed by atoms with E-state index in [1.807, 2.05) is 4.68 Å². The normalized spacial score (nSPS) is 15.3. The van der Waals surface area contributed by atoms with Crippen LogP contribution in [-0.2, 0) is 0 Å². The maximum absolute atomic E-state index is 13.4. The Morgan fingerprint density at radius 2 is 2.04 bits per heavy atom. The Labute approximate surface area is 132 Å². The van der Waals surface area contributed by atoms with Crippen LogP contribution in [0, 0.1) is 5.82 Å². The lowest BCUT2D eigenvalue weighted by molar-refractivity contribution is 0.480. The van der Waals surface area contributed by atoms with E-state index in [1.54, 1.807) is 12.1 Å². The van der Waals surface area contributed by atoms with Crippen molar-refractivity contribution in [3.05, 3.63) is 36.4 Å². The van der Waals surface area contributed by atoms with Crippen LogP contribution in [-0.4, -0.2) is 19.7 Å². The molecule has 0 spiro atoms. The third kappa shape index (κ3) is 2.48. The first-order chi connectivity index (χ1) is 11.2. The van der Waals surface area contributed by atoms with Gasteiger partial charge in [-0.3, -0.25) is 0 Å². The van der Waals surface area contributed by atoms with Crippen LogP contribution in [0.3, 0.4) is 0 Å². The van der Waals surface area contributed by atoms with E-state index in [0.717, 1.165) is 18.5 Å². The van der Waals surface area contributed by atoms with Crippen molar-refractivity contribution < 1.29 is 4.39 Å². The molecule has 0 radical (unpaired) electrons. The van der Waals surface area contributed by atoms with Crippen LogP contribution in [0.4, 0.5) is 21.7 Å². The van der Waals surface area contributed by atoms with Crippen LogP contribution in [0.25, 0.3) is 11.0 Å².